The number of carbonyl (C=O) groups is 1. The van der Waals surface area contributed by atoms with Gasteiger partial charge in [-0.2, -0.15) is 5.10 Å². The van der Waals surface area contributed by atoms with Gasteiger partial charge in [-0.15, -0.1) is 0 Å². The smallest absolute Gasteiger partial charge is 0.225 e. The van der Waals surface area contributed by atoms with Gasteiger partial charge in [0, 0.05) is 30.7 Å². The second-order valence-corrected chi connectivity index (χ2v) is 7.41. The molecule has 1 aromatic heterocycles. The van der Waals surface area contributed by atoms with Crippen LogP contribution in [0.2, 0.25) is 0 Å². The van der Waals surface area contributed by atoms with Gasteiger partial charge in [-0.3, -0.25) is 9.48 Å². The molecule has 0 unspecified atom stereocenters. The van der Waals surface area contributed by atoms with Crippen LogP contribution in [0, 0.1) is 13.8 Å². The fourth-order valence-electron chi connectivity index (χ4n) is 4.47. The van der Waals surface area contributed by atoms with Crippen LogP contribution in [0.15, 0.2) is 6.07 Å². The van der Waals surface area contributed by atoms with Crippen molar-refractivity contribution in [1.29, 1.82) is 0 Å². The largest absolute Gasteiger partial charge is 0.338 e. The fraction of sp³-hybridized carbons (Fsp3) is 0.778. The van der Waals surface area contributed by atoms with Crippen molar-refractivity contribution in [2.45, 2.75) is 71.0 Å². The molecule has 0 radical (unpaired) electrons. The summed E-state index contributed by atoms with van der Waals surface area (Å²) in [6.07, 6.45) is 5.36. The third-order valence-electron chi connectivity index (χ3n) is 5.57. The van der Waals surface area contributed by atoms with Gasteiger partial charge in [-0.05, 0) is 66.1 Å². The lowest BCUT2D eigenvalue weighted by Gasteiger charge is -2.34. The number of amides is 1. The molecule has 0 spiro atoms. The first-order valence-electron chi connectivity index (χ1n) is 9.00. The number of carbonyl (C=O) groups excluding carboxylic acids is 1. The predicted molar refractivity (Wildman–Crippen MR) is 91.4 cm³/mol. The van der Waals surface area contributed by atoms with Crippen LogP contribution in [-0.4, -0.2) is 57.7 Å². The van der Waals surface area contributed by atoms with Crippen LogP contribution in [0.25, 0.3) is 0 Å². The van der Waals surface area contributed by atoms with Crippen molar-refractivity contribution in [3.8, 4) is 0 Å². The normalized spacial score (nSPS) is 26.9. The maximum Gasteiger partial charge on any atom is 0.225 e. The molecule has 23 heavy (non-hydrogen) atoms. The molecular weight excluding hydrogens is 288 g/mol. The van der Waals surface area contributed by atoms with Crippen LogP contribution in [0.3, 0.4) is 0 Å². The molecule has 5 heteroatoms. The molecule has 2 saturated heterocycles. The molecule has 3 atom stereocenters. The molecule has 0 aliphatic carbocycles. The van der Waals surface area contributed by atoms with E-state index in [2.05, 4.69) is 41.9 Å². The topological polar surface area (TPSA) is 41.4 Å². The van der Waals surface area contributed by atoms with Crippen LogP contribution in [0.4, 0.5) is 0 Å². The third kappa shape index (κ3) is 3.30. The first-order valence-corrected chi connectivity index (χ1v) is 9.00. The van der Waals surface area contributed by atoms with Gasteiger partial charge < -0.3 is 9.80 Å². The average molecular weight is 318 g/mol. The Balaban J connectivity index is 1.66. The van der Waals surface area contributed by atoms with Gasteiger partial charge in [0.05, 0.1) is 11.7 Å². The Kier molecular flexibility index (Phi) is 4.76. The summed E-state index contributed by atoms with van der Waals surface area (Å²) >= 11 is 0. The Labute approximate surface area is 139 Å². The molecular formula is C18H30N4O. The molecule has 2 aliphatic heterocycles. The zero-order valence-corrected chi connectivity index (χ0v) is 15.0. The first kappa shape index (κ1) is 16.5. The third-order valence-corrected chi connectivity index (χ3v) is 5.57. The second-order valence-electron chi connectivity index (χ2n) is 7.41. The van der Waals surface area contributed by atoms with Crippen LogP contribution >= 0.6 is 0 Å². The summed E-state index contributed by atoms with van der Waals surface area (Å²) in [5, 5.41) is 4.54. The number of hydrogen-bond acceptors (Lipinski definition) is 3. The highest BCUT2D eigenvalue weighted by Gasteiger charge is 2.38. The molecule has 0 saturated carbocycles. The van der Waals surface area contributed by atoms with Crippen molar-refractivity contribution in [2.75, 3.05) is 20.1 Å². The van der Waals surface area contributed by atoms with Gasteiger partial charge in [-0.1, -0.05) is 0 Å². The molecule has 3 rings (SSSR count). The SMILES string of the molecule is Cc1cc(C)n([C@H](C)CC(=O)N2CCC[C@H]2[C@@H]2CCCN2C)n1. The van der Waals surface area contributed by atoms with Gasteiger partial charge in [-0.25, -0.2) is 0 Å². The molecule has 2 aliphatic rings. The monoisotopic (exact) mass is 318 g/mol. The van der Waals surface area contributed by atoms with Crippen molar-refractivity contribution in [2.24, 2.45) is 0 Å². The van der Waals surface area contributed by atoms with E-state index in [4.69, 9.17) is 0 Å². The Hall–Kier alpha value is -1.36. The van der Waals surface area contributed by atoms with E-state index < -0.39 is 0 Å². The summed E-state index contributed by atoms with van der Waals surface area (Å²) in [5.74, 6) is 0.299. The zero-order chi connectivity index (χ0) is 16.6. The molecule has 1 aromatic rings. The van der Waals surface area contributed by atoms with Gasteiger partial charge >= 0.3 is 0 Å². The van der Waals surface area contributed by atoms with Crippen LogP contribution in [0.1, 0.15) is 56.5 Å². The number of hydrogen-bond donors (Lipinski definition) is 0. The number of aryl methyl sites for hydroxylation is 2. The van der Waals surface area contributed by atoms with E-state index in [9.17, 15) is 4.79 Å². The Bertz CT molecular complexity index is 567. The predicted octanol–water partition coefficient (Wildman–Crippen LogP) is 2.54. The Morgan fingerprint density at radius 2 is 1.96 bits per heavy atom. The lowest BCUT2D eigenvalue weighted by Crippen LogP contribution is -2.47. The summed E-state index contributed by atoms with van der Waals surface area (Å²) < 4.78 is 2.00. The summed E-state index contributed by atoms with van der Waals surface area (Å²) in [7, 11) is 2.21. The second kappa shape index (κ2) is 6.63. The Morgan fingerprint density at radius 1 is 1.26 bits per heavy atom. The molecule has 5 nitrogen and oxygen atoms in total. The minimum absolute atomic E-state index is 0.124. The average Bonchev–Trinajstić information content (AvgIpc) is 3.18. The first-order chi connectivity index (χ1) is 11.0. The quantitative estimate of drug-likeness (QED) is 0.856. The van der Waals surface area contributed by atoms with E-state index in [-0.39, 0.29) is 6.04 Å². The van der Waals surface area contributed by atoms with Crippen LogP contribution in [0.5, 0.6) is 0 Å². The highest BCUT2D eigenvalue weighted by atomic mass is 16.2. The van der Waals surface area contributed by atoms with Crippen molar-refractivity contribution in [3.05, 3.63) is 17.5 Å². The van der Waals surface area contributed by atoms with Gasteiger partial charge in [0.2, 0.25) is 5.91 Å². The number of likely N-dealkylation sites (tertiary alicyclic amines) is 2. The van der Waals surface area contributed by atoms with E-state index in [0.717, 1.165) is 30.8 Å². The summed E-state index contributed by atoms with van der Waals surface area (Å²) in [6.45, 7) is 8.27. The number of nitrogens with zero attached hydrogens (tertiary/aromatic N) is 4. The molecule has 3 heterocycles. The molecule has 0 bridgehead atoms. The van der Waals surface area contributed by atoms with E-state index in [1.807, 2.05) is 11.6 Å². The molecule has 128 valence electrons. The lowest BCUT2D eigenvalue weighted by molar-refractivity contribution is -0.133. The fourth-order valence-corrected chi connectivity index (χ4v) is 4.47. The van der Waals surface area contributed by atoms with Gasteiger partial charge in [0.15, 0.2) is 0 Å². The van der Waals surface area contributed by atoms with Crippen molar-refractivity contribution in [3.63, 3.8) is 0 Å². The highest BCUT2D eigenvalue weighted by molar-refractivity contribution is 5.77. The van der Waals surface area contributed by atoms with Gasteiger partial charge in [0.25, 0.3) is 0 Å². The van der Waals surface area contributed by atoms with E-state index in [0.29, 0.717) is 24.4 Å². The van der Waals surface area contributed by atoms with Crippen LogP contribution < -0.4 is 0 Å². The number of rotatable bonds is 4. The number of aromatic nitrogens is 2. The standard InChI is InChI=1S/C18H30N4O/c1-13-11-14(2)22(19-13)15(3)12-18(23)21-10-6-8-17(21)16-7-5-9-20(16)4/h11,15-17H,5-10,12H2,1-4H3/t15-,16+,17+/m1/s1. The van der Waals surface area contributed by atoms with Crippen molar-refractivity contribution >= 4 is 5.91 Å². The summed E-state index contributed by atoms with van der Waals surface area (Å²) in [6, 6.07) is 3.18. The molecule has 2 fully saturated rings. The maximum atomic E-state index is 12.9. The Morgan fingerprint density at radius 3 is 2.57 bits per heavy atom. The van der Waals surface area contributed by atoms with E-state index >= 15 is 0 Å². The van der Waals surface area contributed by atoms with E-state index in [1.54, 1.807) is 0 Å². The van der Waals surface area contributed by atoms with Crippen LogP contribution in [-0.2, 0) is 4.79 Å². The van der Waals surface area contributed by atoms with Gasteiger partial charge in [0.1, 0.15) is 0 Å². The maximum absolute atomic E-state index is 12.9. The minimum atomic E-state index is 0.124. The molecule has 0 N–H and O–H groups in total. The molecule has 0 aromatic carbocycles. The lowest BCUT2D eigenvalue weighted by atomic mass is 10.0. The van der Waals surface area contributed by atoms with E-state index in [1.165, 1.54) is 19.4 Å². The minimum Gasteiger partial charge on any atom is -0.338 e. The van der Waals surface area contributed by atoms with Crippen molar-refractivity contribution < 1.29 is 4.79 Å². The number of likely N-dealkylation sites (N-methyl/N-ethyl adjacent to an activating group) is 1. The zero-order valence-electron chi connectivity index (χ0n) is 15.0. The molecule has 1 amide bonds. The summed E-state index contributed by atoms with van der Waals surface area (Å²) in [5.41, 5.74) is 2.16. The summed E-state index contributed by atoms with van der Waals surface area (Å²) in [4.78, 5) is 17.5. The highest BCUT2D eigenvalue weighted by Crippen LogP contribution is 2.30. The van der Waals surface area contributed by atoms with Crippen molar-refractivity contribution in [1.82, 2.24) is 19.6 Å².